The van der Waals surface area contributed by atoms with Gasteiger partial charge in [-0.05, 0) is 44.4 Å². The lowest BCUT2D eigenvalue weighted by atomic mass is 10.1. The molecule has 1 aromatic carbocycles. The molecular formula is C18H26FIN4S. The smallest absolute Gasteiger partial charge is 0.194 e. The molecule has 25 heavy (non-hydrogen) atoms. The minimum atomic E-state index is -0.178. The van der Waals surface area contributed by atoms with Crippen LogP contribution in [0.15, 0.2) is 34.6 Å². The number of nitrogens with zero attached hydrogens (tertiary/aromatic N) is 3. The lowest BCUT2D eigenvalue weighted by Gasteiger charge is -2.21. The second-order valence-corrected chi connectivity index (χ2v) is 6.75. The number of aromatic nitrogens is 1. The molecule has 0 atom stereocenters. The molecule has 0 bridgehead atoms. The van der Waals surface area contributed by atoms with Crippen LogP contribution in [-0.2, 0) is 13.0 Å². The molecule has 138 valence electrons. The highest BCUT2D eigenvalue weighted by Gasteiger charge is 2.08. The van der Waals surface area contributed by atoms with Crippen LogP contribution in [0.2, 0.25) is 0 Å². The Morgan fingerprint density at radius 3 is 2.84 bits per heavy atom. The van der Waals surface area contributed by atoms with Gasteiger partial charge in [-0.25, -0.2) is 9.37 Å². The van der Waals surface area contributed by atoms with Crippen LogP contribution in [0.1, 0.15) is 29.6 Å². The second-order valence-electron chi connectivity index (χ2n) is 5.68. The molecule has 0 aliphatic rings. The molecule has 0 spiro atoms. The zero-order chi connectivity index (χ0) is 17.4. The number of aryl methyl sites for hydroxylation is 2. The van der Waals surface area contributed by atoms with Gasteiger partial charge < -0.3 is 10.2 Å². The highest BCUT2D eigenvalue weighted by molar-refractivity contribution is 14.0. The van der Waals surface area contributed by atoms with Gasteiger partial charge in [0.25, 0.3) is 0 Å². The predicted molar refractivity (Wildman–Crippen MR) is 114 cm³/mol. The predicted octanol–water partition coefficient (Wildman–Crippen LogP) is 4.24. The number of hydrogen-bond donors (Lipinski definition) is 1. The zero-order valence-electron chi connectivity index (χ0n) is 15.0. The number of guanidine groups is 1. The summed E-state index contributed by atoms with van der Waals surface area (Å²) in [5.41, 5.74) is 2.08. The number of thiazole rings is 1. The number of aliphatic imine (C=N–C) groups is 1. The lowest BCUT2D eigenvalue weighted by Crippen LogP contribution is -2.38. The maximum Gasteiger partial charge on any atom is 0.194 e. The van der Waals surface area contributed by atoms with Gasteiger partial charge in [-0.1, -0.05) is 12.1 Å². The van der Waals surface area contributed by atoms with Gasteiger partial charge in [-0.2, -0.15) is 0 Å². The fourth-order valence-corrected chi connectivity index (χ4v) is 3.03. The largest absolute Gasteiger partial charge is 0.357 e. The molecule has 7 heteroatoms. The summed E-state index contributed by atoms with van der Waals surface area (Å²) in [5, 5.41) is 6.47. The third-order valence-electron chi connectivity index (χ3n) is 3.54. The minimum absolute atomic E-state index is 0. The van der Waals surface area contributed by atoms with Gasteiger partial charge in [0, 0.05) is 25.5 Å². The Balaban J connectivity index is 0.00000312. The monoisotopic (exact) mass is 476 g/mol. The normalized spacial score (nSPS) is 11.1. The van der Waals surface area contributed by atoms with Crippen molar-refractivity contribution in [2.24, 2.45) is 4.99 Å². The van der Waals surface area contributed by atoms with Gasteiger partial charge in [0.05, 0.1) is 17.2 Å². The van der Waals surface area contributed by atoms with Gasteiger partial charge in [-0.15, -0.1) is 35.3 Å². The Morgan fingerprint density at radius 1 is 1.40 bits per heavy atom. The summed E-state index contributed by atoms with van der Waals surface area (Å²) in [6.07, 6.45) is 1.72. The van der Waals surface area contributed by atoms with Crippen molar-refractivity contribution >= 4 is 41.3 Å². The molecule has 1 heterocycles. The summed E-state index contributed by atoms with van der Waals surface area (Å²) in [6, 6.07) is 6.77. The molecule has 0 saturated heterocycles. The Hall–Kier alpha value is -1.22. The molecular weight excluding hydrogens is 450 g/mol. The van der Waals surface area contributed by atoms with Crippen molar-refractivity contribution in [1.29, 1.82) is 0 Å². The van der Waals surface area contributed by atoms with E-state index in [1.165, 1.54) is 6.07 Å². The van der Waals surface area contributed by atoms with Crippen molar-refractivity contribution in [3.8, 4) is 0 Å². The molecule has 0 unspecified atom stereocenters. The van der Waals surface area contributed by atoms with Gasteiger partial charge in [0.15, 0.2) is 5.96 Å². The summed E-state index contributed by atoms with van der Waals surface area (Å²) in [6.45, 7) is 6.34. The van der Waals surface area contributed by atoms with Crippen LogP contribution >= 0.6 is 35.3 Å². The molecule has 2 aromatic rings. The SMILES string of the molecule is CCNC(=NCCCc1cccc(F)c1)N(C)Cc1csc(C)n1.I. The van der Waals surface area contributed by atoms with Crippen molar-refractivity contribution < 1.29 is 4.39 Å². The van der Waals surface area contributed by atoms with Crippen LogP contribution in [0.4, 0.5) is 4.39 Å². The molecule has 0 fully saturated rings. The summed E-state index contributed by atoms with van der Waals surface area (Å²) in [5.74, 6) is 0.699. The maximum atomic E-state index is 13.2. The summed E-state index contributed by atoms with van der Waals surface area (Å²) in [4.78, 5) is 11.2. The van der Waals surface area contributed by atoms with Crippen LogP contribution in [0.5, 0.6) is 0 Å². The molecule has 0 radical (unpaired) electrons. The number of hydrogen-bond acceptors (Lipinski definition) is 3. The number of benzene rings is 1. The van der Waals surface area contributed by atoms with Crippen molar-refractivity contribution in [3.05, 3.63) is 51.7 Å². The average Bonchev–Trinajstić information content (AvgIpc) is 2.95. The van der Waals surface area contributed by atoms with Crippen molar-refractivity contribution in [2.75, 3.05) is 20.1 Å². The van der Waals surface area contributed by atoms with Crippen LogP contribution in [-0.4, -0.2) is 36.0 Å². The highest BCUT2D eigenvalue weighted by atomic mass is 127. The Morgan fingerprint density at radius 2 is 2.20 bits per heavy atom. The first-order valence-electron chi connectivity index (χ1n) is 8.23. The molecule has 0 amide bonds. The Bertz CT molecular complexity index is 675. The van der Waals surface area contributed by atoms with Crippen LogP contribution in [0.3, 0.4) is 0 Å². The van der Waals surface area contributed by atoms with E-state index in [1.807, 2.05) is 20.0 Å². The molecule has 0 saturated carbocycles. The summed E-state index contributed by atoms with van der Waals surface area (Å²) < 4.78 is 13.2. The quantitative estimate of drug-likeness (QED) is 0.281. The summed E-state index contributed by atoms with van der Waals surface area (Å²) in [7, 11) is 2.02. The van der Waals surface area contributed by atoms with E-state index in [0.29, 0.717) is 6.54 Å². The van der Waals surface area contributed by atoms with E-state index in [-0.39, 0.29) is 29.8 Å². The van der Waals surface area contributed by atoms with E-state index in [0.717, 1.165) is 48.2 Å². The lowest BCUT2D eigenvalue weighted by molar-refractivity contribution is 0.470. The van der Waals surface area contributed by atoms with Gasteiger partial charge in [-0.3, -0.25) is 4.99 Å². The molecule has 0 aliphatic carbocycles. The fourth-order valence-electron chi connectivity index (χ4n) is 2.43. The maximum absolute atomic E-state index is 13.2. The number of halogens is 2. The first-order valence-corrected chi connectivity index (χ1v) is 9.11. The van der Waals surface area contributed by atoms with Crippen molar-refractivity contribution in [2.45, 2.75) is 33.2 Å². The number of nitrogens with one attached hydrogen (secondary N) is 1. The molecule has 2 rings (SSSR count). The van der Waals surface area contributed by atoms with Gasteiger partial charge in [0.2, 0.25) is 0 Å². The molecule has 0 aliphatic heterocycles. The molecule has 4 nitrogen and oxygen atoms in total. The third-order valence-corrected chi connectivity index (χ3v) is 4.36. The second kappa shape index (κ2) is 11.4. The average molecular weight is 476 g/mol. The first kappa shape index (κ1) is 21.8. The molecule has 1 aromatic heterocycles. The van der Waals surface area contributed by atoms with E-state index in [9.17, 15) is 4.39 Å². The third kappa shape index (κ3) is 7.68. The Labute approximate surface area is 170 Å². The standard InChI is InChI=1S/C18H25FN4S.HI/c1-4-20-18(23(3)12-17-13-24-14(2)22-17)21-10-6-8-15-7-5-9-16(19)11-15;/h5,7,9,11,13H,4,6,8,10,12H2,1-3H3,(H,20,21);1H. The van der Waals surface area contributed by atoms with Crippen molar-refractivity contribution in [1.82, 2.24) is 15.2 Å². The topological polar surface area (TPSA) is 40.5 Å². The Kier molecular flexibility index (Phi) is 9.96. The van der Waals surface area contributed by atoms with E-state index < -0.39 is 0 Å². The van der Waals surface area contributed by atoms with Gasteiger partial charge >= 0.3 is 0 Å². The van der Waals surface area contributed by atoms with Crippen LogP contribution in [0, 0.1) is 12.7 Å². The van der Waals surface area contributed by atoms with E-state index in [1.54, 1.807) is 23.5 Å². The van der Waals surface area contributed by atoms with Gasteiger partial charge in [0.1, 0.15) is 5.82 Å². The molecule has 1 N–H and O–H groups in total. The van der Waals surface area contributed by atoms with E-state index >= 15 is 0 Å². The van der Waals surface area contributed by atoms with Crippen molar-refractivity contribution in [3.63, 3.8) is 0 Å². The van der Waals surface area contributed by atoms with Crippen LogP contribution in [0.25, 0.3) is 0 Å². The highest BCUT2D eigenvalue weighted by Crippen LogP contribution is 2.10. The first-order chi connectivity index (χ1) is 11.6. The zero-order valence-corrected chi connectivity index (χ0v) is 18.1. The minimum Gasteiger partial charge on any atom is -0.357 e. The van der Waals surface area contributed by atoms with Crippen LogP contribution < -0.4 is 5.32 Å². The van der Waals surface area contributed by atoms with E-state index in [4.69, 9.17) is 0 Å². The van der Waals surface area contributed by atoms with E-state index in [2.05, 4.69) is 32.5 Å². The number of rotatable bonds is 7. The fraction of sp³-hybridized carbons (Fsp3) is 0.444. The summed E-state index contributed by atoms with van der Waals surface area (Å²) >= 11 is 1.66.